The molecule has 0 unspecified atom stereocenters. The highest BCUT2D eigenvalue weighted by Gasteiger charge is 2.26. The minimum absolute atomic E-state index is 0.585. The Hall–Kier alpha value is -0.800. The molecule has 1 heterocycles. The molecule has 0 radical (unpaired) electrons. The van der Waals surface area contributed by atoms with Gasteiger partial charge in [0.1, 0.15) is 0 Å². The molecular weight excluding hydrogens is 288 g/mol. The molecule has 0 spiro atoms. The Morgan fingerprint density at radius 1 is 1.38 bits per heavy atom. The Labute approximate surface area is 107 Å². The zero-order chi connectivity index (χ0) is 11.3. The van der Waals surface area contributed by atoms with Gasteiger partial charge in [0.25, 0.3) is 0 Å². The molecule has 2 nitrogen and oxygen atoms in total. The van der Waals surface area contributed by atoms with Crippen LogP contribution in [0.25, 0.3) is 10.9 Å². The molecule has 16 heavy (non-hydrogen) atoms. The molecule has 1 saturated carbocycles. The van der Waals surface area contributed by atoms with Gasteiger partial charge in [0.15, 0.2) is 0 Å². The van der Waals surface area contributed by atoms with E-state index in [2.05, 4.69) is 20.9 Å². The van der Waals surface area contributed by atoms with Crippen molar-refractivity contribution < 1.29 is 0 Å². The summed E-state index contributed by atoms with van der Waals surface area (Å²) in [5.74, 6) is 0.585. The van der Waals surface area contributed by atoms with Crippen LogP contribution in [-0.4, -0.2) is 4.98 Å². The van der Waals surface area contributed by atoms with Crippen LogP contribution in [-0.2, 0) is 0 Å². The Morgan fingerprint density at radius 3 is 2.81 bits per heavy atom. The third kappa shape index (κ3) is 1.59. The standard InChI is InChI=1S/C12H10BrClN2/c13-7-3-4-8(14)12-11(7)9(15)5-10(16-12)6-1-2-6/h3-6H,1-2H2,(H2,15,16). The number of nitrogen functional groups attached to an aromatic ring is 1. The zero-order valence-corrected chi connectivity index (χ0v) is 10.8. The summed E-state index contributed by atoms with van der Waals surface area (Å²) in [5, 5.41) is 1.57. The number of nitrogens with two attached hydrogens (primary N) is 1. The third-order valence-corrected chi connectivity index (χ3v) is 3.87. The van der Waals surface area contributed by atoms with E-state index >= 15 is 0 Å². The highest BCUT2D eigenvalue weighted by molar-refractivity contribution is 9.10. The fraction of sp³-hybridized carbons (Fsp3) is 0.250. The van der Waals surface area contributed by atoms with Crippen LogP contribution in [0.5, 0.6) is 0 Å². The summed E-state index contributed by atoms with van der Waals surface area (Å²) < 4.78 is 0.944. The van der Waals surface area contributed by atoms with Crippen molar-refractivity contribution in [2.75, 3.05) is 5.73 Å². The van der Waals surface area contributed by atoms with Gasteiger partial charge in [0.2, 0.25) is 0 Å². The number of halogens is 2. The van der Waals surface area contributed by atoms with Gasteiger partial charge in [-0.15, -0.1) is 0 Å². The van der Waals surface area contributed by atoms with Crippen LogP contribution in [0.3, 0.4) is 0 Å². The molecule has 0 atom stereocenters. The topological polar surface area (TPSA) is 38.9 Å². The van der Waals surface area contributed by atoms with Crippen LogP contribution in [0.15, 0.2) is 22.7 Å². The van der Waals surface area contributed by atoms with Crippen molar-refractivity contribution in [3.63, 3.8) is 0 Å². The summed E-state index contributed by atoms with van der Waals surface area (Å²) in [6.45, 7) is 0. The molecule has 4 heteroatoms. The molecule has 82 valence electrons. The van der Waals surface area contributed by atoms with Gasteiger partial charge in [-0.2, -0.15) is 0 Å². The molecule has 0 amide bonds. The van der Waals surface area contributed by atoms with Crippen LogP contribution in [0.4, 0.5) is 5.69 Å². The van der Waals surface area contributed by atoms with Gasteiger partial charge in [-0.3, -0.25) is 4.98 Å². The van der Waals surface area contributed by atoms with E-state index in [-0.39, 0.29) is 0 Å². The summed E-state index contributed by atoms with van der Waals surface area (Å²) in [4.78, 5) is 4.62. The number of aromatic nitrogens is 1. The average molecular weight is 298 g/mol. The SMILES string of the molecule is Nc1cc(C2CC2)nc2c(Cl)ccc(Br)c12. The Kier molecular flexibility index (Phi) is 2.33. The Morgan fingerprint density at radius 2 is 2.12 bits per heavy atom. The van der Waals surface area contributed by atoms with Crippen molar-refractivity contribution in [1.82, 2.24) is 4.98 Å². The number of hydrogen-bond acceptors (Lipinski definition) is 2. The van der Waals surface area contributed by atoms with E-state index < -0.39 is 0 Å². The molecule has 1 aliphatic carbocycles. The van der Waals surface area contributed by atoms with Crippen molar-refractivity contribution in [2.24, 2.45) is 0 Å². The number of benzene rings is 1. The lowest BCUT2D eigenvalue weighted by Crippen LogP contribution is -1.95. The number of anilines is 1. The van der Waals surface area contributed by atoms with Crippen LogP contribution in [0.2, 0.25) is 5.02 Å². The van der Waals surface area contributed by atoms with Crippen molar-refractivity contribution in [3.8, 4) is 0 Å². The summed E-state index contributed by atoms with van der Waals surface area (Å²) in [5.41, 5.74) is 8.69. The molecule has 1 fully saturated rings. The largest absolute Gasteiger partial charge is 0.398 e. The molecule has 2 N–H and O–H groups in total. The number of fused-ring (bicyclic) bond motifs is 1. The lowest BCUT2D eigenvalue weighted by atomic mass is 10.1. The summed E-state index contributed by atoms with van der Waals surface area (Å²) in [6, 6.07) is 5.72. The Balaban J connectivity index is 2.36. The van der Waals surface area contributed by atoms with E-state index in [1.165, 1.54) is 12.8 Å². The normalized spacial score (nSPS) is 15.6. The predicted octanol–water partition coefficient (Wildman–Crippen LogP) is 4.11. The molecule has 1 aromatic heterocycles. The maximum atomic E-state index is 6.16. The van der Waals surface area contributed by atoms with E-state index in [0.29, 0.717) is 10.9 Å². The van der Waals surface area contributed by atoms with E-state index in [1.54, 1.807) is 0 Å². The van der Waals surface area contributed by atoms with Crippen molar-refractivity contribution >= 4 is 44.1 Å². The molecular formula is C12H10BrClN2. The molecule has 0 saturated heterocycles. The summed E-state index contributed by atoms with van der Waals surface area (Å²) in [7, 11) is 0. The number of nitrogens with zero attached hydrogens (tertiary/aromatic N) is 1. The monoisotopic (exact) mass is 296 g/mol. The number of pyridine rings is 1. The smallest absolute Gasteiger partial charge is 0.0923 e. The van der Waals surface area contributed by atoms with E-state index in [9.17, 15) is 0 Å². The minimum Gasteiger partial charge on any atom is -0.398 e. The fourth-order valence-electron chi connectivity index (χ4n) is 1.91. The second-order valence-corrected chi connectivity index (χ2v) is 5.42. The highest BCUT2D eigenvalue weighted by Crippen LogP contribution is 2.42. The summed E-state index contributed by atoms with van der Waals surface area (Å²) in [6.07, 6.45) is 2.42. The van der Waals surface area contributed by atoms with Crippen molar-refractivity contribution in [1.29, 1.82) is 0 Å². The van der Waals surface area contributed by atoms with Gasteiger partial charge < -0.3 is 5.73 Å². The van der Waals surface area contributed by atoms with E-state index in [1.807, 2.05) is 18.2 Å². The average Bonchev–Trinajstić information content (AvgIpc) is 3.06. The molecule has 1 aliphatic rings. The lowest BCUT2D eigenvalue weighted by Gasteiger charge is -2.08. The molecule has 0 aliphatic heterocycles. The maximum absolute atomic E-state index is 6.16. The van der Waals surface area contributed by atoms with Gasteiger partial charge in [-0.05, 0) is 31.0 Å². The minimum atomic E-state index is 0.585. The van der Waals surface area contributed by atoms with Gasteiger partial charge in [0.05, 0.1) is 10.5 Å². The third-order valence-electron chi connectivity index (χ3n) is 2.91. The second kappa shape index (κ2) is 3.60. The Bertz CT molecular complexity index is 579. The molecule has 1 aromatic carbocycles. The lowest BCUT2D eigenvalue weighted by molar-refractivity contribution is 1.05. The van der Waals surface area contributed by atoms with Crippen LogP contribution < -0.4 is 5.73 Å². The zero-order valence-electron chi connectivity index (χ0n) is 8.50. The van der Waals surface area contributed by atoms with Gasteiger partial charge >= 0.3 is 0 Å². The van der Waals surface area contributed by atoms with Crippen molar-refractivity contribution in [3.05, 3.63) is 33.4 Å². The first kappa shape index (κ1) is 10.4. The van der Waals surface area contributed by atoms with Crippen LogP contribution >= 0.6 is 27.5 Å². The van der Waals surface area contributed by atoms with Crippen LogP contribution in [0, 0.1) is 0 Å². The fourth-order valence-corrected chi connectivity index (χ4v) is 2.65. The summed E-state index contributed by atoms with van der Waals surface area (Å²) >= 11 is 9.64. The highest BCUT2D eigenvalue weighted by atomic mass is 79.9. The van der Waals surface area contributed by atoms with E-state index in [0.717, 1.165) is 26.8 Å². The first-order valence-corrected chi connectivity index (χ1v) is 6.38. The quantitative estimate of drug-likeness (QED) is 0.860. The van der Waals surface area contributed by atoms with E-state index in [4.69, 9.17) is 17.3 Å². The predicted molar refractivity (Wildman–Crippen MR) is 70.8 cm³/mol. The number of hydrogen-bond donors (Lipinski definition) is 1. The molecule has 2 aromatic rings. The van der Waals surface area contributed by atoms with Crippen LogP contribution in [0.1, 0.15) is 24.5 Å². The van der Waals surface area contributed by atoms with Gasteiger partial charge in [-0.1, -0.05) is 27.5 Å². The second-order valence-electron chi connectivity index (χ2n) is 4.16. The molecule has 3 rings (SSSR count). The number of rotatable bonds is 1. The van der Waals surface area contributed by atoms with Gasteiger partial charge in [-0.25, -0.2) is 0 Å². The molecule has 0 bridgehead atoms. The van der Waals surface area contributed by atoms with Crippen molar-refractivity contribution in [2.45, 2.75) is 18.8 Å². The first-order valence-electron chi connectivity index (χ1n) is 5.21. The first-order chi connectivity index (χ1) is 7.66. The maximum Gasteiger partial charge on any atom is 0.0923 e. The van der Waals surface area contributed by atoms with Gasteiger partial charge in [0, 0.05) is 27.2 Å².